The molecule has 7 heteroatoms. The molecular weight excluding hydrogens is 411 g/mol. The highest BCUT2D eigenvalue weighted by Gasteiger charge is 2.34. The smallest absolute Gasteiger partial charge is 0.255 e. The van der Waals surface area contributed by atoms with Crippen molar-refractivity contribution in [2.75, 3.05) is 19.5 Å². The molecule has 0 radical (unpaired) electrons. The van der Waals surface area contributed by atoms with Crippen LogP contribution in [0.1, 0.15) is 33.9 Å². The van der Waals surface area contributed by atoms with Gasteiger partial charge in [-0.15, -0.1) is 0 Å². The third-order valence-electron chi connectivity index (χ3n) is 5.52. The van der Waals surface area contributed by atoms with Gasteiger partial charge in [-0.1, -0.05) is 24.3 Å². The number of amides is 2. The van der Waals surface area contributed by atoms with E-state index in [1.807, 2.05) is 24.3 Å². The first-order valence-corrected chi connectivity index (χ1v) is 10.2. The molecule has 0 spiro atoms. The normalized spacial score (nSPS) is 13.5. The maximum absolute atomic E-state index is 13.2. The SMILES string of the molecule is COc1ccc(C(CC(=O)Nc2ccc(F)cc2)N2Cc3ccccc3C2=O)cc1OC. The number of benzene rings is 3. The zero-order valence-corrected chi connectivity index (χ0v) is 17.8. The van der Waals surface area contributed by atoms with Crippen molar-refractivity contribution >= 4 is 17.5 Å². The number of carbonyl (C=O) groups excluding carboxylic acids is 2. The second-order valence-corrected chi connectivity index (χ2v) is 7.48. The van der Waals surface area contributed by atoms with Crippen molar-refractivity contribution in [1.82, 2.24) is 4.90 Å². The molecule has 1 aliphatic heterocycles. The second-order valence-electron chi connectivity index (χ2n) is 7.48. The van der Waals surface area contributed by atoms with Gasteiger partial charge in [0.05, 0.1) is 26.7 Å². The van der Waals surface area contributed by atoms with E-state index in [0.29, 0.717) is 29.3 Å². The van der Waals surface area contributed by atoms with Gasteiger partial charge < -0.3 is 19.7 Å². The molecule has 1 aliphatic rings. The number of halogens is 1. The molecule has 4 rings (SSSR count). The van der Waals surface area contributed by atoms with Gasteiger partial charge in [-0.05, 0) is 53.6 Å². The van der Waals surface area contributed by atoms with Gasteiger partial charge in [0.25, 0.3) is 5.91 Å². The number of methoxy groups -OCH3 is 2. The summed E-state index contributed by atoms with van der Waals surface area (Å²) in [5, 5.41) is 2.78. The lowest BCUT2D eigenvalue weighted by Crippen LogP contribution is -2.32. The van der Waals surface area contributed by atoms with Crippen LogP contribution in [0.5, 0.6) is 11.5 Å². The molecule has 0 saturated heterocycles. The van der Waals surface area contributed by atoms with E-state index in [1.54, 1.807) is 30.2 Å². The molecular formula is C25H23FN2O4. The van der Waals surface area contributed by atoms with Crippen LogP contribution in [0.15, 0.2) is 66.7 Å². The Balaban J connectivity index is 1.65. The quantitative estimate of drug-likeness (QED) is 0.592. The van der Waals surface area contributed by atoms with Crippen LogP contribution in [0.4, 0.5) is 10.1 Å². The largest absolute Gasteiger partial charge is 0.493 e. The summed E-state index contributed by atoms with van der Waals surface area (Å²) in [6.45, 7) is 0.401. The van der Waals surface area contributed by atoms with E-state index in [0.717, 1.165) is 11.1 Å². The Bertz CT molecular complexity index is 1150. The number of hydrogen-bond acceptors (Lipinski definition) is 4. The van der Waals surface area contributed by atoms with Crippen LogP contribution in [-0.4, -0.2) is 30.9 Å². The molecule has 32 heavy (non-hydrogen) atoms. The van der Waals surface area contributed by atoms with Gasteiger partial charge >= 0.3 is 0 Å². The number of nitrogens with one attached hydrogen (secondary N) is 1. The summed E-state index contributed by atoms with van der Waals surface area (Å²) in [6.07, 6.45) is 0.0204. The number of anilines is 1. The van der Waals surface area contributed by atoms with Gasteiger partial charge in [0.2, 0.25) is 5.91 Å². The van der Waals surface area contributed by atoms with E-state index in [2.05, 4.69) is 5.32 Å². The van der Waals surface area contributed by atoms with Crippen molar-refractivity contribution in [3.05, 3.63) is 89.2 Å². The fourth-order valence-corrected chi connectivity index (χ4v) is 3.92. The zero-order chi connectivity index (χ0) is 22.7. The summed E-state index contributed by atoms with van der Waals surface area (Å²) in [5.41, 5.74) is 2.79. The predicted octanol–water partition coefficient (Wildman–Crippen LogP) is 4.57. The molecule has 164 valence electrons. The first-order chi connectivity index (χ1) is 15.5. The molecule has 1 heterocycles. The molecule has 2 amide bonds. The summed E-state index contributed by atoms with van der Waals surface area (Å²) in [5.74, 6) is 0.265. The van der Waals surface area contributed by atoms with Crippen LogP contribution >= 0.6 is 0 Å². The maximum atomic E-state index is 13.2. The van der Waals surface area contributed by atoms with Crippen molar-refractivity contribution in [3.8, 4) is 11.5 Å². The Morgan fingerprint density at radius 2 is 1.75 bits per heavy atom. The van der Waals surface area contributed by atoms with E-state index in [4.69, 9.17) is 9.47 Å². The monoisotopic (exact) mass is 434 g/mol. The number of nitrogens with zero attached hydrogens (tertiary/aromatic N) is 1. The van der Waals surface area contributed by atoms with Gasteiger partial charge in [-0.25, -0.2) is 4.39 Å². The average Bonchev–Trinajstić information content (AvgIpc) is 3.15. The molecule has 1 N–H and O–H groups in total. The fraction of sp³-hybridized carbons (Fsp3) is 0.200. The Kier molecular flexibility index (Phi) is 6.07. The van der Waals surface area contributed by atoms with E-state index in [1.165, 1.54) is 31.4 Å². The fourth-order valence-electron chi connectivity index (χ4n) is 3.92. The predicted molar refractivity (Wildman–Crippen MR) is 118 cm³/mol. The van der Waals surface area contributed by atoms with Crippen molar-refractivity contribution < 1.29 is 23.5 Å². The number of carbonyl (C=O) groups is 2. The average molecular weight is 434 g/mol. The first-order valence-electron chi connectivity index (χ1n) is 10.2. The van der Waals surface area contributed by atoms with E-state index >= 15 is 0 Å². The maximum Gasteiger partial charge on any atom is 0.255 e. The minimum absolute atomic E-state index is 0.0204. The van der Waals surface area contributed by atoms with Crippen molar-refractivity contribution in [2.24, 2.45) is 0 Å². The molecule has 3 aromatic carbocycles. The molecule has 6 nitrogen and oxygen atoms in total. The summed E-state index contributed by atoms with van der Waals surface area (Å²) in [4.78, 5) is 27.7. The van der Waals surface area contributed by atoms with Crippen LogP contribution < -0.4 is 14.8 Å². The van der Waals surface area contributed by atoms with E-state index in [-0.39, 0.29) is 24.1 Å². The molecule has 1 atom stereocenters. The Morgan fingerprint density at radius 1 is 1.03 bits per heavy atom. The lowest BCUT2D eigenvalue weighted by atomic mass is 10.0. The second kappa shape index (κ2) is 9.09. The van der Waals surface area contributed by atoms with Gasteiger partial charge in [0.15, 0.2) is 11.5 Å². The minimum Gasteiger partial charge on any atom is -0.493 e. The van der Waals surface area contributed by atoms with Gasteiger partial charge in [-0.2, -0.15) is 0 Å². The number of fused-ring (bicyclic) bond motifs is 1. The summed E-state index contributed by atoms with van der Waals surface area (Å²) >= 11 is 0. The third kappa shape index (κ3) is 4.27. The highest BCUT2D eigenvalue weighted by molar-refractivity contribution is 5.99. The summed E-state index contributed by atoms with van der Waals surface area (Å²) in [7, 11) is 3.08. The van der Waals surface area contributed by atoms with Crippen molar-refractivity contribution in [2.45, 2.75) is 19.0 Å². The molecule has 1 unspecified atom stereocenters. The number of hydrogen-bond donors (Lipinski definition) is 1. The first kappa shape index (κ1) is 21.4. The topological polar surface area (TPSA) is 67.9 Å². The summed E-state index contributed by atoms with van der Waals surface area (Å²) < 4.78 is 23.9. The lowest BCUT2D eigenvalue weighted by molar-refractivity contribution is -0.117. The Labute approximate surface area is 185 Å². The number of ether oxygens (including phenoxy) is 2. The molecule has 3 aromatic rings. The zero-order valence-electron chi connectivity index (χ0n) is 17.8. The van der Waals surface area contributed by atoms with Crippen LogP contribution in [0.2, 0.25) is 0 Å². The molecule has 0 bridgehead atoms. The van der Waals surface area contributed by atoms with Crippen molar-refractivity contribution in [3.63, 3.8) is 0 Å². The Morgan fingerprint density at radius 3 is 2.44 bits per heavy atom. The van der Waals surface area contributed by atoms with Crippen LogP contribution in [0, 0.1) is 5.82 Å². The molecule has 0 aromatic heterocycles. The highest BCUT2D eigenvalue weighted by atomic mass is 19.1. The molecule has 0 saturated carbocycles. The van der Waals surface area contributed by atoms with Gasteiger partial charge in [0, 0.05) is 17.8 Å². The van der Waals surface area contributed by atoms with E-state index in [9.17, 15) is 14.0 Å². The minimum atomic E-state index is -0.532. The standard InChI is InChI=1S/C25H23FN2O4/c1-31-22-12-7-16(13-23(22)32-2)21(14-24(29)27-19-10-8-18(26)9-11-19)28-15-17-5-3-4-6-20(17)25(28)30/h3-13,21H,14-15H2,1-2H3,(H,27,29). The van der Waals surface area contributed by atoms with Gasteiger partial charge in [-0.3, -0.25) is 9.59 Å². The highest BCUT2D eigenvalue weighted by Crippen LogP contribution is 2.37. The summed E-state index contributed by atoms with van der Waals surface area (Å²) in [6, 6.07) is 17.8. The van der Waals surface area contributed by atoms with Crippen LogP contribution in [0.3, 0.4) is 0 Å². The van der Waals surface area contributed by atoms with Gasteiger partial charge in [0.1, 0.15) is 5.82 Å². The van der Waals surface area contributed by atoms with E-state index < -0.39 is 6.04 Å². The van der Waals surface area contributed by atoms with Crippen LogP contribution in [-0.2, 0) is 11.3 Å². The third-order valence-corrected chi connectivity index (χ3v) is 5.52. The van der Waals surface area contributed by atoms with Crippen LogP contribution in [0.25, 0.3) is 0 Å². The molecule has 0 fully saturated rings. The number of rotatable bonds is 7. The Hall–Kier alpha value is -3.87. The molecule has 0 aliphatic carbocycles. The lowest BCUT2D eigenvalue weighted by Gasteiger charge is -2.28. The van der Waals surface area contributed by atoms with Crippen molar-refractivity contribution in [1.29, 1.82) is 0 Å².